The van der Waals surface area contributed by atoms with E-state index in [2.05, 4.69) is 29.2 Å². The molecule has 1 aliphatic heterocycles. The van der Waals surface area contributed by atoms with E-state index < -0.39 is 5.60 Å². The van der Waals surface area contributed by atoms with Crippen molar-refractivity contribution in [2.45, 2.75) is 56.2 Å². The Hall–Kier alpha value is -0.160. The maximum atomic E-state index is 10.4. The molecule has 1 saturated heterocycles. The van der Waals surface area contributed by atoms with Crippen LogP contribution in [0.1, 0.15) is 38.5 Å². The number of aliphatic hydroxyl groups is 1. The van der Waals surface area contributed by atoms with E-state index in [0.29, 0.717) is 12.1 Å². The molecule has 0 bridgehead atoms. The van der Waals surface area contributed by atoms with E-state index in [1.807, 2.05) is 7.05 Å². The van der Waals surface area contributed by atoms with Crippen LogP contribution in [0.25, 0.3) is 0 Å². The molecular weight excluding hydrogens is 238 g/mol. The van der Waals surface area contributed by atoms with Gasteiger partial charge in [0.05, 0.1) is 5.60 Å². The first kappa shape index (κ1) is 15.2. The molecule has 0 spiro atoms. The molecular formula is C15H31N3O. The molecule has 4 nitrogen and oxygen atoms in total. The minimum absolute atomic E-state index is 0.463. The molecule has 19 heavy (non-hydrogen) atoms. The van der Waals surface area contributed by atoms with Crippen molar-refractivity contribution < 1.29 is 5.11 Å². The van der Waals surface area contributed by atoms with Crippen molar-refractivity contribution in [1.29, 1.82) is 0 Å². The van der Waals surface area contributed by atoms with Crippen LogP contribution >= 0.6 is 0 Å². The number of likely N-dealkylation sites (N-methyl/N-ethyl adjacent to an activating group) is 3. The number of piperidine rings is 1. The molecule has 0 aromatic rings. The fraction of sp³-hybridized carbons (Fsp3) is 1.00. The molecule has 0 amide bonds. The van der Waals surface area contributed by atoms with E-state index in [1.54, 1.807) is 0 Å². The average Bonchev–Trinajstić information content (AvgIpc) is 2.39. The Morgan fingerprint density at radius 1 is 1.26 bits per heavy atom. The predicted octanol–water partition coefficient (Wildman–Crippen LogP) is 0.905. The van der Waals surface area contributed by atoms with Gasteiger partial charge in [0.1, 0.15) is 0 Å². The topological polar surface area (TPSA) is 38.7 Å². The fourth-order valence-corrected chi connectivity index (χ4v) is 3.82. The van der Waals surface area contributed by atoms with Crippen molar-refractivity contribution in [3.63, 3.8) is 0 Å². The molecule has 1 saturated carbocycles. The molecule has 0 radical (unpaired) electrons. The van der Waals surface area contributed by atoms with E-state index in [-0.39, 0.29) is 0 Å². The van der Waals surface area contributed by atoms with Crippen molar-refractivity contribution in [2.24, 2.45) is 0 Å². The van der Waals surface area contributed by atoms with Gasteiger partial charge in [-0.3, -0.25) is 4.90 Å². The van der Waals surface area contributed by atoms with Gasteiger partial charge in [-0.2, -0.15) is 0 Å². The summed E-state index contributed by atoms with van der Waals surface area (Å²) in [5.41, 5.74) is -0.463. The highest BCUT2D eigenvalue weighted by molar-refractivity contribution is 4.92. The van der Waals surface area contributed by atoms with Gasteiger partial charge in [0.2, 0.25) is 0 Å². The molecule has 2 fully saturated rings. The van der Waals surface area contributed by atoms with Gasteiger partial charge in [-0.15, -0.1) is 0 Å². The second-order valence-corrected chi connectivity index (χ2v) is 6.71. The van der Waals surface area contributed by atoms with Gasteiger partial charge in [-0.25, -0.2) is 0 Å². The van der Waals surface area contributed by atoms with Crippen molar-refractivity contribution in [3.05, 3.63) is 0 Å². The normalized spacial score (nSPS) is 37.7. The Morgan fingerprint density at radius 2 is 1.95 bits per heavy atom. The predicted molar refractivity (Wildman–Crippen MR) is 79.4 cm³/mol. The van der Waals surface area contributed by atoms with Gasteiger partial charge in [0.15, 0.2) is 0 Å². The third-order valence-electron chi connectivity index (χ3n) is 5.14. The van der Waals surface area contributed by atoms with Crippen LogP contribution in [0.4, 0.5) is 0 Å². The maximum absolute atomic E-state index is 10.4. The summed E-state index contributed by atoms with van der Waals surface area (Å²) in [6, 6.07) is 1.37. The molecule has 2 aliphatic rings. The highest BCUT2D eigenvalue weighted by atomic mass is 16.3. The first-order valence-electron chi connectivity index (χ1n) is 7.81. The van der Waals surface area contributed by atoms with Crippen molar-refractivity contribution in [1.82, 2.24) is 15.1 Å². The summed E-state index contributed by atoms with van der Waals surface area (Å²) in [6.07, 6.45) is 6.79. The Balaban J connectivity index is 1.83. The number of nitrogens with one attached hydrogen (secondary N) is 1. The summed E-state index contributed by atoms with van der Waals surface area (Å²) in [5.74, 6) is 0. The van der Waals surface area contributed by atoms with Crippen LogP contribution in [0.15, 0.2) is 0 Å². The first-order chi connectivity index (χ1) is 9.04. The summed E-state index contributed by atoms with van der Waals surface area (Å²) >= 11 is 0. The Kier molecular flexibility index (Phi) is 5.23. The van der Waals surface area contributed by atoms with Crippen molar-refractivity contribution in [2.75, 3.05) is 40.8 Å². The summed E-state index contributed by atoms with van der Waals surface area (Å²) in [5, 5.41) is 13.6. The maximum Gasteiger partial charge on any atom is 0.0772 e. The molecule has 1 atom stereocenters. The zero-order chi connectivity index (χ0) is 13.9. The zero-order valence-electron chi connectivity index (χ0n) is 12.9. The SMILES string of the molecule is CNCC1(O)CCC(N(C)C2CCCN(C)C2)CC1. The van der Waals surface area contributed by atoms with Crippen LogP contribution in [-0.4, -0.2) is 73.4 Å². The second kappa shape index (κ2) is 6.53. The van der Waals surface area contributed by atoms with Crippen LogP contribution < -0.4 is 5.32 Å². The number of rotatable bonds is 4. The van der Waals surface area contributed by atoms with E-state index in [4.69, 9.17) is 0 Å². The number of nitrogens with zero attached hydrogens (tertiary/aromatic N) is 2. The third kappa shape index (κ3) is 3.91. The Morgan fingerprint density at radius 3 is 2.53 bits per heavy atom. The standard InChI is InChI=1S/C15H31N3O/c1-16-12-15(19)8-6-13(7-9-15)18(3)14-5-4-10-17(2)11-14/h13-14,16,19H,4-12H2,1-3H3. The molecule has 1 unspecified atom stereocenters. The highest BCUT2D eigenvalue weighted by Crippen LogP contribution is 2.31. The summed E-state index contributed by atoms with van der Waals surface area (Å²) < 4.78 is 0. The monoisotopic (exact) mass is 269 g/mol. The lowest BCUT2D eigenvalue weighted by Crippen LogP contribution is -2.52. The first-order valence-corrected chi connectivity index (χ1v) is 7.81. The van der Waals surface area contributed by atoms with Crippen LogP contribution in [0, 0.1) is 0 Å². The van der Waals surface area contributed by atoms with Gasteiger partial charge >= 0.3 is 0 Å². The van der Waals surface area contributed by atoms with Crippen LogP contribution in [0.3, 0.4) is 0 Å². The van der Waals surface area contributed by atoms with Crippen molar-refractivity contribution in [3.8, 4) is 0 Å². The van der Waals surface area contributed by atoms with Gasteiger partial charge in [-0.05, 0) is 66.2 Å². The number of likely N-dealkylation sites (tertiary alicyclic amines) is 1. The molecule has 1 heterocycles. The lowest BCUT2D eigenvalue weighted by Gasteiger charge is -2.44. The highest BCUT2D eigenvalue weighted by Gasteiger charge is 2.35. The number of hydrogen-bond donors (Lipinski definition) is 2. The second-order valence-electron chi connectivity index (χ2n) is 6.71. The fourth-order valence-electron chi connectivity index (χ4n) is 3.82. The van der Waals surface area contributed by atoms with Crippen LogP contribution in [0.2, 0.25) is 0 Å². The Labute approximate surface area is 118 Å². The smallest absolute Gasteiger partial charge is 0.0772 e. The lowest BCUT2D eigenvalue weighted by molar-refractivity contribution is -0.0247. The van der Waals surface area contributed by atoms with E-state index in [0.717, 1.165) is 32.2 Å². The van der Waals surface area contributed by atoms with Gasteiger partial charge in [-0.1, -0.05) is 0 Å². The third-order valence-corrected chi connectivity index (χ3v) is 5.14. The minimum atomic E-state index is -0.463. The summed E-state index contributed by atoms with van der Waals surface area (Å²) in [7, 11) is 6.44. The van der Waals surface area contributed by atoms with Crippen molar-refractivity contribution >= 4 is 0 Å². The molecule has 0 aromatic heterocycles. The molecule has 0 aromatic carbocycles. The van der Waals surface area contributed by atoms with E-state index >= 15 is 0 Å². The quantitative estimate of drug-likeness (QED) is 0.795. The van der Waals surface area contributed by atoms with Crippen LogP contribution in [0.5, 0.6) is 0 Å². The molecule has 1 aliphatic carbocycles. The zero-order valence-corrected chi connectivity index (χ0v) is 12.9. The lowest BCUT2D eigenvalue weighted by atomic mass is 9.81. The molecule has 2 rings (SSSR count). The number of hydrogen-bond acceptors (Lipinski definition) is 4. The molecule has 2 N–H and O–H groups in total. The van der Waals surface area contributed by atoms with Gasteiger partial charge in [0.25, 0.3) is 0 Å². The average molecular weight is 269 g/mol. The summed E-state index contributed by atoms with van der Waals surface area (Å²) in [4.78, 5) is 5.04. The van der Waals surface area contributed by atoms with Crippen LogP contribution in [-0.2, 0) is 0 Å². The van der Waals surface area contributed by atoms with E-state index in [1.165, 1.54) is 25.9 Å². The molecule has 112 valence electrons. The minimum Gasteiger partial charge on any atom is -0.389 e. The van der Waals surface area contributed by atoms with E-state index in [9.17, 15) is 5.11 Å². The largest absolute Gasteiger partial charge is 0.389 e. The van der Waals surface area contributed by atoms with Gasteiger partial charge < -0.3 is 15.3 Å². The van der Waals surface area contributed by atoms with Gasteiger partial charge in [0, 0.05) is 25.2 Å². The Bertz CT molecular complexity index is 277. The summed E-state index contributed by atoms with van der Waals surface area (Å²) in [6.45, 7) is 3.18. The molecule has 4 heteroatoms.